The molecule has 0 bridgehead atoms. The van der Waals surface area contributed by atoms with E-state index >= 15 is 0 Å². The summed E-state index contributed by atoms with van der Waals surface area (Å²) in [6.07, 6.45) is 1.13. The Hall–Kier alpha value is -4.28. The van der Waals surface area contributed by atoms with Gasteiger partial charge in [0.2, 0.25) is 0 Å². The first-order chi connectivity index (χ1) is 18.5. The lowest BCUT2D eigenvalue weighted by Gasteiger charge is -2.26. The molecule has 0 spiro atoms. The summed E-state index contributed by atoms with van der Waals surface area (Å²) in [6, 6.07) is 24.0. The third kappa shape index (κ3) is 5.76. The van der Waals surface area contributed by atoms with Crippen molar-refractivity contribution in [3.8, 4) is 11.1 Å². The van der Waals surface area contributed by atoms with Crippen molar-refractivity contribution in [1.29, 1.82) is 0 Å². The molecule has 10 heteroatoms. The van der Waals surface area contributed by atoms with Crippen molar-refractivity contribution >= 4 is 54.9 Å². The van der Waals surface area contributed by atoms with Crippen LogP contribution in [0, 0.1) is 0 Å². The van der Waals surface area contributed by atoms with Crippen molar-refractivity contribution in [2.75, 3.05) is 18.3 Å². The molecule has 0 aliphatic heterocycles. The molecule has 0 fully saturated rings. The van der Waals surface area contributed by atoms with Gasteiger partial charge in [-0.25, -0.2) is 13.2 Å². The van der Waals surface area contributed by atoms with Gasteiger partial charge in [0, 0.05) is 21.9 Å². The summed E-state index contributed by atoms with van der Waals surface area (Å²) in [6.45, 7) is 0. The number of benzene rings is 4. The molecule has 4 rings (SSSR count). The van der Waals surface area contributed by atoms with Crippen LogP contribution in [-0.2, 0) is 14.6 Å². The number of ether oxygens (including phenoxy) is 1. The van der Waals surface area contributed by atoms with E-state index in [1.54, 1.807) is 72.8 Å². The summed E-state index contributed by atoms with van der Waals surface area (Å²) in [5.41, 5.74) is 7.44. The average Bonchev–Trinajstić information content (AvgIpc) is 2.93. The number of sulfone groups is 1. The quantitative estimate of drug-likeness (QED) is 0.281. The van der Waals surface area contributed by atoms with Crippen LogP contribution in [0.15, 0.2) is 100 Å². The molecule has 39 heavy (non-hydrogen) atoms. The lowest BCUT2D eigenvalue weighted by atomic mass is 10.0. The van der Waals surface area contributed by atoms with Crippen LogP contribution in [0.3, 0.4) is 0 Å². The Balaban J connectivity index is 1.88. The summed E-state index contributed by atoms with van der Waals surface area (Å²) < 4.78 is 30.1. The Bertz CT molecular complexity index is 1700. The molecule has 4 aromatic rings. The molecule has 0 radical (unpaired) electrons. The Labute approximate surface area is 234 Å². The SMILES string of the molecule is COC(=O)c1cc(Br)ccc1N(C(=O)c1ccc(-c2ccccc2S(C)(=O)=O)cc1)c1ccccc1C(N)=O. The predicted molar refractivity (Wildman–Crippen MR) is 152 cm³/mol. The molecule has 0 heterocycles. The van der Waals surface area contributed by atoms with Gasteiger partial charge < -0.3 is 10.5 Å². The number of esters is 1. The number of carbonyl (C=O) groups is 3. The van der Waals surface area contributed by atoms with E-state index in [-0.39, 0.29) is 33.0 Å². The molecule has 0 unspecified atom stereocenters. The van der Waals surface area contributed by atoms with Crippen LogP contribution in [0.1, 0.15) is 31.1 Å². The van der Waals surface area contributed by atoms with Crippen LogP contribution in [0.4, 0.5) is 11.4 Å². The van der Waals surface area contributed by atoms with Gasteiger partial charge in [-0.2, -0.15) is 0 Å². The highest BCUT2D eigenvalue weighted by molar-refractivity contribution is 9.10. The topological polar surface area (TPSA) is 124 Å². The van der Waals surface area contributed by atoms with Gasteiger partial charge in [-0.05, 0) is 54.1 Å². The van der Waals surface area contributed by atoms with E-state index in [9.17, 15) is 22.8 Å². The van der Waals surface area contributed by atoms with Crippen LogP contribution in [0.25, 0.3) is 11.1 Å². The molecule has 0 aliphatic carbocycles. The minimum Gasteiger partial charge on any atom is -0.465 e. The first kappa shape index (κ1) is 27.7. The lowest BCUT2D eigenvalue weighted by Crippen LogP contribution is -2.30. The number of hydrogen-bond acceptors (Lipinski definition) is 6. The third-order valence-corrected chi connectivity index (χ3v) is 7.60. The van der Waals surface area contributed by atoms with Crippen LogP contribution >= 0.6 is 15.9 Å². The van der Waals surface area contributed by atoms with Gasteiger partial charge >= 0.3 is 5.97 Å². The molecular weight excluding hydrogens is 584 g/mol. The number of methoxy groups -OCH3 is 1. The summed E-state index contributed by atoms with van der Waals surface area (Å²) in [4.78, 5) is 40.4. The van der Waals surface area contributed by atoms with Gasteiger partial charge in [0.25, 0.3) is 11.8 Å². The second-order valence-corrected chi connectivity index (χ2v) is 11.4. The van der Waals surface area contributed by atoms with Gasteiger partial charge in [-0.15, -0.1) is 0 Å². The van der Waals surface area contributed by atoms with E-state index < -0.39 is 27.6 Å². The number of nitrogens with zero attached hydrogens (tertiary/aromatic N) is 1. The van der Waals surface area contributed by atoms with Crippen molar-refractivity contribution in [2.45, 2.75) is 4.90 Å². The first-order valence-electron chi connectivity index (χ1n) is 11.5. The van der Waals surface area contributed by atoms with Gasteiger partial charge in [0.05, 0.1) is 34.5 Å². The average molecular weight is 607 g/mol. The Morgan fingerprint density at radius 2 is 1.44 bits per heavy atom. The number of para-hydroxylation sites is 1. The van der Waals surface area contributed by atoms with E-state index in [4.69, 9.17) is 10.5 Å². The highest BCUT2D eigenvalue weighted by Gasteiger charge is 2.28. The fourth-order valence-corrected chi connectivity index (χ4v) is 5.42. The monoisotopic (exact) mass is 606 g/mol. The van der Waals surface area contributed by atoms with Crippen molar-refractivity contribution in [2.24, 2.45) is 5.73 Å². The van der Waals surface area contributed by atoms with E-state index in [0.29, 0.717) is 15.6 Å². The summed E-state index contributed by atoms with van der Waals surface area (Å²) in [5.74, 6) is -2.00. The molecular formula is C29H23BrN2O6S. The molecule has 0 aromatic heterocycles. The number of halogens is 1. The molecule has 8 nitrogen and oxygen atoms in total. The van der Waals surface area contributed by atoms with Gasteiger partial charge in [0.1, 0.15) is 0 Å². The van der Waals surface area contributed by atoms with E-state index in [2.05, 4.69) is 15.9 Å². The van der Waals surface area contributed by atoms with Crippen LogP contribution in [-0.4, -0.2) is 39.6 Å². The fourth-order valence-electron chi connectivity index (χ4n) is 4.15. The Morgan fingerprint density at radius 1 is 0.821 bits per heavy atom. The lowest BCUT2D eigenvalue weighted by molar-refractivity contribution is 0.0601. The molecule has 0 saturated carbocycles. The van der Waals surface area contributed by atoms with Crippen molar-refractivity contribution in [3.63, 3.8) is 0 Å². The molecule has 0 aliphatic rings. The normalized spacial score (nSPS) is 11.1. The van der Waals surface area contributed by atoms with Gasteiger partial charge in [0.15, 0.2) is 9.84 Å². The summed E-state index contributed by atoms with van der Waals surface area (Å²) >= 11 is 3.34. The molecule has 0 atom stereocenters. The molecule has 2 N–H and O–H groups in total. The van der Waals surface area contributed by atoms with Crippen LogP contribution in [0.2, 0.25) is 0 Å². The second-order valence-electron chi connectivity index (χ2n) is 8.52. The zero-order valence-corrected chi connectivity index (χ0v) is 23.3. The number of anilines is 2. The smallest absolute Gasteiger partial charge is 0.340 e. The summed E-state index contributed by atoms with van der Waals surface area (Å²) in [5, 5.41) is 0. The van der Waals surface area contributed by atoms with Crippen molar-refractivity contribution < 1.29 is 27.5 Å². The van der Waals surface area contributed by atoms with E-state index in [1.165, 1.54) is 30.2 Å². The number of rotatable bonds is 7. The number of amides is 2. The Morgan fingerprint density at radius 3 is 2.08 bits per heavy atom. The van der Waals surface area contributed by atoms with Crippen molar-refractivity contribution in [1.82, 2.24) is 0 Å². The number of primary amides is 1. The standard InChI is InChI=1S/C29H23BrN2O6S/c1-38-29(35)23-17-20(30)15-16-25(23)32(24-9-5-3-8-22(24)27(31)33)28(34)19-13-11-18(12-14-19)21-7-4-6-10-26(21)39(2,36)37/h3-17H,1-2H3,(H2,31,33). The third-order valence-electron chi connectivity index (χ3n) is 5.95. The molecule has 0 saturated heterocycles. The van der Waals surface area contributed by atoms with Gasteiger partial charge in [-0.3, -0.25) is 14.5 Å². The van der Waals surface area contributed by atoms with Crippen molar-refractivity contribution in [3.05, 3.63) is 112 Å². The fraction of sp³-hybridized carbons (Fsp3) is 0.0690. The summed E-state index contributed by atoms with van der Waals surface area (Å²) in [7, 11) is -2.27. The molecule has 2 amide bonds. The number of hydrogen-bond donors (Lipinski definition) is 1. The molecule has 198 valence electrons. The minimum absolute atomic E-state index is 0.0725. The van der Waals surface area contributed by atoms with E-state index in [1.807, 2.05) is 0 Å². The zero-order valence-electron chi connectivity index (χ0n) is 20.9. The highest BCUT2D eigenvalue weighted by atomic mass is 79.9. The minimum atomic E-state index is -3.49. The zero-order chi connectivity index (χ0) is 28.3. The van der Waals surface area contributed by atoms with Gasteiger partial charge in [-0.1, -0.05) is 58.4 Å². The van der Waals surface area contributed by atoms with Crippen LogP contribution in [0.5, 0.6) is 0 Å². The Kier molecular flexibility index (Phi) is 7.98. The maximum atomic E-state index is 14.1. The second kappa shape index (κ2) is 11.2. The largest absolute Gasteiger partial charge is 0.465 e. The highest BCUT2D eigenvalue weighted by Crippen LogP contribution is 2.35. The first-order valence-corrected chi connectivity index (χ1v) is 14.2. The number of nitrogens with two attached hydrogens (primary N) is 1. The number of carbonyl (C=O) groups excluding carboxylic acids is 3. The van der Waals surface area contributed by atoms with Crippen LogP contribution < -0.4 is 10.6 Å². The predicted octanol–water partition coefficient (Wildman–Crippen LogP) is 5.38. The molecule has 4 aromatic carbocycles. The van der Waals surface area contributed by atoms with E-state index in [0.717, 1.165) is 6.26 Å². The maximum absolute atomic E-state index is 14.1. The maximum Gasteiger partial charge on any atom is 0.340 e.